The molecule has 0 saturated heterocycles. The van der Waals surface area contributed by atoms with Crippen molar-refractivity contribution in [3.63, 3.8) is 0 Å². The Morgan fingerprint density at radius 1 is 0.569 bits per heavy atom. The van der Waals surface area contributed by atoms with Crippen LogP contribution < -0.4 is 0 Å². The number of aromatic nitrogens is 3. The van der Waals surface area contributed by atoms with Crippen LogP contribution in [-0.2, 0) is 0 Å². The maximum Gasteiger partial charge on any atom is 0.236 e. The maximum absolute atomic E-state index is 6.65. The van der Waals surface area contributed by atoms with Gasteiger partial charge >= 0.3 is 0 Å². The van der Waals surface area contributed by atoms with E-state index in [2.05, 4.69) is 146 Å². The molecule has 11 rings (SSSR count). The van der Waals surface area contributed by atoms with Crippen molar-refractivity contribution in [2.45, 2.75) is 13.8 Å². The highest BCUT2D eigenvalue weighted by Gasteiger charge is 2.26. The molecule has 0 fully saturated rings. The molecule has 0 amide bonds. The molecule has 5 heteroatoms. The number of benzene rings is 7. The molecule has 11 aromatic rings. The van der Waals surface area contributed by atoms with Gasteiger partial charge in [-0.05, 0) is 71.1 Å². The molecule has 0 aliphatic carbocycles. The minimum Gasteiger partial charge on any atom is -0.452 e. The standard InChI is InChI=1S/C46H29N3OS/c1-26-14-3-4-15-28(26)39-27(2)43-40(31-18-6-5-17-30(31)39)33-19-7-10-23-36(33)49(43)46-47-41-34-20-8-11-24-37(34)50-44(41)42(48-46)35-22-13-21-32-29-16-9-12-25-38(29)51-45(32)35/h3-25H,1-2H3. The lowest BCUT2D eigenvalue weighted by molar-refractivity contribution is 0.666. The number of fused-ring (bicyclic) bond motifs is 11. The number of furan rings is 1. The first-order valence-electron chi connectivity index (χ1n) is 17.3. The van der Waals surface area contributed by atoms with E-state index in [9.17, 15) is 0 Å². The van der Waals surface area contributed by atoms with Gasteiger partial charge in [0.05, 0.1) is 11.0 Å². The van der Waals surface area contributed by atoms with Crippen molar-refractivity contribution in [3.05, 3.63) is 151 Å². The van der Waals surface area contributed by atoms with Crippen molar-refractivity contribution < 1.29 is 4.42 Å². The molecule has 0 spiro atoms. The van der Waals surface area contributed by atoms with Gasteiger partial charge in [-0.25, -0.2) is 9.97 Å². The third kappa shape index (κ3) is 3.95. The summed E-state index contributed by atoms with van der Waals surface area (Å²) in [5, 5.41) is 8.31. The molecule has 7 aromatic carbocycles. The van der Waals surface area contributed by atoms with Crippen molar-refractivity contribution in [2.24, 2.45) is 0 Å². The van der Waals surface area contributed by atoms with Crippen LogP contribution >= 0.6 is 11.3 Å². The van der Waals surface area contributed by atoms with E-state index < -0.39 is 0 Å². The van der Waals surface area contributed by atoms with E-state index in [-0.39, 0.29) is 0 Å². The quantitative estimate of drug-likeness (QED) is 0.188. The van der Waals surface area contributed by atoms with Crippen LogP contribution in [0.1, 0.15) is 11.1 Å². The molecule has 4 heterocycles. The van der Waals surface area contributed by atoms with Crippen LogP contribution in [0, 0.1) is 13.8 Å². The molecule has 0 aliphatic heterocycles. The maximum atomic E-state index is 6.65. The van der Waals surface area contributed by atoms with E-state index in [0.717, 1.165) is 38.8 Å². The first-order chi connectivity index (χ1) is 25.2. The Balaban J connectivity index is 1.33. The Bertz CT molecular complexity index is 3230. The van der Waals surface area contributed by atoms with Crippen LogP contribution in [-0.4, -0.2) is 14.5 Å². The zero-order valence-corrected chi connectivity index (χ0v) is 28.8. The normalized spacial score (nSPS) is 12.1. The average molecular weight is 672 g/mol. The Morgan fingerprint density at radius 2 is 1.24 bits per heavy atom. The summed E-state index contributed by atoms with van der Waals surface area (Å²) in [5.74, 6) is 0.627. The zero-order valence-electron chi connectivity index (χ0n) is 27.9. The van der Waals surface area contributed by atoms with Crippen molar-refractivity contribution >= 4 is 86.2 Å². The molecule has 0 N–H and O–H groups in total. The van der Waals surface area contributed by atoms with Crippen LogP contribution in [0.4, 0.5) is 0 Å². The van der Waals surface area contributed by atoms with Gasteiger partial charge in [0, 0.05) is 41.9 Å². The molecule has 0 radical (unpaired) electrons. The van der Waals surface area contributed by atoms with Gasteiger partial charge in [-0.15, -0.1) is 11.3 Å². The molecule has 0 aliphatic rings. The number of thiophene rings is 1. The third-order valence-corrected chi connectivity index (χ3v) is 11.8. The lowest BCUT2D eigenvalue weighted by Crippen LogP contribution is -2.04. The Morgan fingerprint density at radius 3 is 2.10 bits per heavy atom. The van der Waals surface area contributed by atoms with Crippen LogP contribution in [0.5, 0.6) is 0 Å². The molecular weight excluding hydrogens is 643 g/mol. The second kappa shape index (κ2) is 10.6. The molecule has 0 bridgehead atoms. The number of nitrogens with zero attached hydrogens (tertiary/aromatic N) is 3. The first-order valence-corrected chi connectivity index (χ1v) is 18.1. The number of hydrogen-bond acceptors (Lipinski definition) is 4. The monoisotopic (exact) mass is 671 g/mol. The highest BCUT2D eigenvalue weighted by Crippen LogP contribution is 2.46. The zero-order chi connectivity index (χ0) is 33.8. The van der Waals surface area contributed by atoms with E-state index >= 15 is 0 Å². The van der Waals surface area contributed by atoms with Crippen LogP contribution in [0.25, 0.3) is 103 Å². The van der Waals surface area contributed by atoms with Crippen molar-refractivity contribution in [1.29, 1.82) is 0 Å². The summed E-state index contributed by atoms with van der Waals surface area (Å²) in [4.78, 5) is 11.0. The lowest BCUT2D eigenvalue weighted by atomic mass is 9.89. The van der Waals surface area contributed by atoms with Gasteiger partial charge in [0.25, 0.3) is 0 Å². The van der Waals surface area contributed by atoms with Gasteiger partial charge in [-0.1, -0.05) is 115 Å². The molecule has 240 valence electrons. The summed E-state index contributed by atoms with van der Waals surface area (Å²) >= 11 is 1.80. The minimum absolute atomic E-state index is 0.627. The topological polar surface area (TPSA) is 43.9 Å². The minimum atomic E-state index is 0.627. The van der Waals surface area contributed by atoms with E-state index in [0.29, 0.717) is 11.5 Å². The van der Waals surface area contributed by atoms with Crippen LogP contribution in [0.2, 0.25) is 0 Å². The molecule has 0 atom stereocenters. The first kappa shape index (κ1) is 28.5. The molecular formula is C46H29N3OS. The number of aryl methyl sites for hydroxylation is 2. The van der Waals surface area contributed by atoms with Gasteiger partial charge < -0.3 is 4.42 Å². The van der Waals surface area contributed by atoms with E-state index in [1.165, 1.54) is 64.0 Å². The highest BCUT2D eigenvalue weighted by molar-refractivity contribution is 7.26. The summed E-state index contributed by atoms with van der Waals surface area (Å²) in [6, 6.07) is 49.5. The molecule has 4 nitrogen and oxygen atoms in total. The van der Waals surface area contributed by atoms with Crippen molar-refractivity contribution in [2.75, 3.05) is 0 Å². The predicted octanol–water partition coefficient (Wildman–Crippen LogP) is 12.9. The largest absolute Gasteiger partial charge is 0.452 e. The lowest BCUT2D eigenvalue weighted by Gasteiger charge is -2.17. The molecule has 0 unspecified atom stereocenters. The smallest absolute Gasteiger partial charge is 0.236 e. The van der Waals surface area contributed by atoms with Gasteiger partial charge in [0.2, 0.25) is 5.95 Å². The van der Waals surface area contributed by atoms with Crippen molar-refractivity contribution in [3.8, 4) is 28.3 Å². The summed E-state index contributed by atoms with van der Waals surface area (Å²) < 4.78 is 11.4. The molecule has 4 aromatic heterocycles. The molecule has 51 heavy (non-hydrogen) atoms. The second-order valence-electron chi connectivity index (χ2n) is 13.4. The fourth-order valence-electron chi connectivity index (χ4n) is 8.31. The summed E-state index contributed by atoms with van der Waals surface area (Å²) in [5.41, 5.74) is 11.3. The van der Waals surface area contributed by atoms with Gasteiger partial charge in [0.1, 0.15) is 16.8 Å². The average Bonchev–Trinajstić information content (AvgIpc) is 3.85. The van der Waals surface area contributed by atoms with Gasteiger partial charge in [-0.2, -0.15) is 0 Å². The fourth-order valence-corrected chi connectivity index (χ4v) is 9.53. The molecule has 0 saturated carbocycles. The highest BCUT2D eigenvalue weighted by atomic mass is 32.1. The van der Waals surface area contributed by atoms with Crippen molar-refractivity contribution in [1.82, 2.24) is 14.5 Å². The Kier molecular flexibility index (Phi) is 5.93. The summed E-state index contributed by atoms with van der Waals surface area (Å²) in [6.07, 6.45) is 0. The van der Waals surface area contributed by atoms with Crippen LogP contribution in [0.15, 0.2) is 144 Å². The van der Waals surface area contributed by atoms with Crippen LogP contribution in [0.3, 0.4) is 0 Å². The van der Waals surface area contributed by atoms with Gasteiger partial charge in [0.15, 0.2) is 5.58 Å². The van der Waals surface area contributed by atoms with Gasteiger partial charge in [-0.3, -0.25) is 4.57 Å². The van der Waals surface area contributed by atoms with E-state index in [1.54, 1.807) is 11.3 Å². The summed E-state index contributed by atoms with van der Waals surface area (Å²) in [7, 11) is 0. The SMILES string of the molecule is Cc1ccccc1-c1c(C)c2c(c3ccccc13)c1ccccc1n2-c1nc(-c2cccc3c2sc2ccccc23)c2oc3ccccc3c2n1. The van der Waals surface area contributed by atoms with E-state index in [1.807, 2.05) is 12.1 Å². The number of para-hydroxylation sites is 2. The predicted molar refractivity (Wildman–Crippen MR) is 214 cm³/mol. The second-order valence-corrected chi connectivity index (χ2v) is 14.4. The number of rotatable bonds is 3. The summed E-state index contributed by atoms with van der Waals surface area (Å²) in [6.45, 7) is 4.46. The fraction of sp³-hybridized carbons (Fsp3) is 0.0435. The van der Waals surface area contributed by atoms with E-state index in [4.69, 9.17) is 14.4 Å². The number of hydrogen-bond donors (Lipinski definition) is 0. The Labute approximate surface area is 296 Å². The third-order valence-electron chi connectivity index (χ3n) is 10.6. The Hall–Kier alpha value is -6.30.